The Morgan fingerprint density at radius 3 is 1.23 bits per heavy atom. The monoisotopic (exact) mass is 604 g/mol. The van der Waals surface area contributed by atoms with Crippen LogP contribution in [0.2, 0.25) is 0 Å². The Balaban J connectivity index is 2.62. The number of phenols is 1. The Hall–Kier alpha value is -2.70. The topological polar surface area (TPSA) is 91.3 Å². The maximum Gasteiger partial charge on any atom is 0.345 e. The number of phenolic OH excluding ortho intramolecular Hbond substituents is 1. The zero-order valence-electron chi connectivity index (χ0n) is 27.7. The highest BCUT2D eigenvalue weighted by Gasteiger charge is 2.22. The molecule has 1 aromatic rings. The van der Waals surface area contributed by atoms with Crippen LogP contribution in [0.5, 0.6) is 17.2 Å². The van der Waals surface area contributed by atoms with Crippen LogP contribution < -0.4 is 9.47 Å². The Kier molecular flexibility index (Phi) is 23.0. The van der Waals surface area contributed by atoms with Gasteiger partial charge < -0.3 is 24.1 Å². The van der Waals surface area contributed by atoms with Gasteiger partial charge in [0.05, 0.1) is 27.4 Å². The van der Waals surface area contributed by atoms with Crippen molar-refractivity contribution in [1.29, 1.82) is 0 Å². The molecule has 7 heteroatoms. The number of esters is 2. The first-order valence-electron chi connectivity index (χ1n) is 17.0. The number of benzene rings is 1. The summed E-state index contributed by atoms with van der Waals surface area (Å²) in [6.07, 6.45) is 25.0. The lowest BCUT2D eigenvalue weighted by molar-refractivity contribution is -0.147. The van der Waals surface area contributed by atoms with Gasteiger partial charge in [0.1, 0.15) is 5.57 Å². The van der Waals surface area contributed by atoms with Gasteiger partial charge in [-0.15, -0.1) is 0 Å². The summed E-state index contributed by atoms with van der Waals surface area (Å²) in [6.45, 7) is 4.96. The fourth-order valence-electron chi connectivity index (χ4n) is 5.03. The average Bonchev–Trinajstić information content (AvgIpc) is 3.01. The van der Waals surface area contributed by atoms with Crippen molar-refractivity contribution in [3.63, 3.8) is 0 Å². The van der Waals surface area contributed by atoms with Crippen molar-refractivity contribution < 1.29 is 33.6 Å². The van der Waals surface area contributed by atoms with E-state index < -0.39 is 11.9 Å². The molecule has 246 valence electrons. The van der Waals surface area contributed by atoms with Gasteiger partial charge in [-0.3, -0.25) is 0 Å². The molecule has 43 heavy (non-hydrogen) atoms. The molecule has 0 aliphatic rings. The second kappa shape index (κ2) is 25.8. The summed E-state index contributed by atoms with van der Waals surface area (Å²) in [5.74, 6) is -1.24. The van der Waals surface area contributed by atoms with E-state index in [-0.39, 0.29) is 36.0 Å². The Morgan fingerprint density at radius 2 is 0.907 bits per heavy atom. The van der Waals surface area contributed by atoms with E-state index in [1.54, 1.807) is 0 Å². The molecule has 0 unspecified atom stereocenters. The molecular weight excluding hydrogens is 544 g/mol. The highest BCUT2D eigenvalue weighted by Crippen LogP contribution is 2.37. The predicted octanol–water partition coefficient (Wildman–Crippen LogP) is 9.72. The molecule has 0 saturated heterocycles. The summed E-state index contributed by atoms with van der Waals surface area (Å²) in [5.41, 5.74) is 0.266. The molecule has 1 N–H and O–H groups in total. The molecule has 0 fully saturated rings. The molecule has 0 aliphatic heterocycles. The van der Waals surface area contributed by atoms with Crippen LogP contribution in [0.1, 0.15) is 148 Å². The molecule has 0 spiro atoms. The average molecular weight is 605 g/mol. The lowest BCUT2D eigenvalue weighted by Crippen LogP contribution is -2.19. The summed E-state index contributed by atoms with van der Waals surface area (Å²) in [7, 11) is 2.84. The van der Waals surface area contributed by atoms with E-state index in [1.165, 1.54) is 122 Å². The zero-order chi connectivity index (χ0) is 31.5. The molecule has 1 aromatic carbocycles. The molecule has 0 heterocycles. The van der Waals surface area contributed by atoms with Crippen LogP contribution in [0.15, 0.2) is 17.7 Å². The van der Waals surface area contributed by atoms with Gasteiger partial charge in [-0.25, -0.2) is 9.59 Å². The second-order valence-electron chi connectivity index (χ2n) is 11.5. The molecule has 0 atom stereocenters. The van der Waals surface area contributed by atoms with E-state index >= 15 is 0 Å². The first kappa shape index (κ1) is 38.3. The Morgan fingerprint density at radius 1 is 0.581 bits per heavy atom. The number of aromatic hydroxyl groups is 1. The predicted molar refractivity (Wildman–Crippen MR) is 175 cm³/mol. The van der Waals surface area contributed by atoms with Gasteiger partial charge >= 0.3 is 11.9 Å². The minimum Gasteiger partial charge on any atom is -0.502 e. The van der Waals surface area contributed by atoms with Gasteiger partial charge in [0.25, 0.3) is 0 Å². The van der Waals surface area contributed by atoms with Gasteiger partial charge in [0.15, 0.2) is 11.5 Å². The van der Waals surface area contributed by atoms with Crippen LogP contribution in [0.4, 0.5) is 0 Å². The van der Waals surface area contributed by atoms with E-state index in [4.69, 9.17) is 18.9 Å². The first-order chi connectivity index (χ1) is 21.0. The van der Waals surface area contributed by atoms with Crippen molar-refractivity contribution in [3.8, 4) is 17.2 Å². The van der Waals surface area contributed by atoms with Gasteiger partial charge in [0, 0.05) is 0 Å². The van der Waals surface area contributed by atoms with E-state index in [0.29, 0.717) is 5.56 Å². The summed E-state index contributed by atoms with van der Waals surface area (Å²) in [4.78, 5) is 26.0. The lowest BCUT2D eigenvalue weighted by atomic mass is 10.1. The fraction of sp³-hybridized carbons (Fsp3) is 0.722. The summed E-state index contributed by atoms with van der Waals surface area (Å²) >= 11 is 0. The van der Waals surface area contributed by atoms with Crippen molar-refractivity contribution in [3.05, 3.63) is 23.3 Å². The summed E-state index contributed by atoms with van der Waals surface area (Å²) in [5, 5.41) is 10.2. The smallest absolute Gasteiger partial charge is 0.345 e. The molecule has 7 nitrogen and oxygen atoms in total. The largest absolute Gasteiger partial charge is 0.502 e. The van der Waals surface area contributed by atoms with E-state index in [0.717, 1.165) is 38.5 Å². The molecule has 1 rings (SSSR count). The second-order valence-corrected chi connectivity index (χ2v) is 11.5. The maximum absolute atomic E-state index is 13.0. The maximum atomic E-state index is 13.0. The zero-order valence-corrected chi connectivity index (χ0v) is 27.7. The summed E-state index contributed by atoms with van der Waals surface area (Å²) < 4.78 is 21.4. The van der Waals surface area contributed by atoms with Crippen LogP contribution in [-0.4, -0.2) is 44.5 Å². The lowest BCUT2D eigenvalue weighted by Gasteiger charge is -2.12. The Labute approximate surface area is 261 Å². The molecule has 0 aromatic heterocycles. The molecule has 0 aliphatic carbocycles. The van der Waals surface area contributed by atoms with Crippen molar-refractivity contribution >= 4 is 18.0 Å². The normalized spacial score (nSPS) is 10.8. The third-order valence-electron chi connectivity index (χ3n) is 7.72. The van der Waals surface area contributed by atoms with Gasteiger partial charge in [-0.1, -0.05) is 129 Å². The molecule has 0 saturated carbocycles. The van der Waals surface area contributed by atoms with Crippen LogP contribution in [0, 0.1) is 0 Å². The summed E-state index contributed by atoms with van der Waals surface area (Å²) in [6, 6.07) is 3.06. The highest BCUT2D eigenvalue weighted by atomic mass is 16.6. The van der Waals surface area contributed by atoms with Crippen LogP contribution in [0.25, 0.3) is 6.08 Å². The minimum absolute atomic E-state index is 0.157. The SMILES string of the molecule is CCCCCCCCCCCCOC(=O)C(=Cc1cc(OC)c(O)c(OC)c1)C(=O)OCCCCCCCCCCCC. The van der Waals surface area contributed by atoms with Crippen LogP contribution in [0.3, 0.4) is 0 Å². The van der Waals surface area contributed by atoms with Crippen LogP contribution in [-0.2, 0) is 19.1 Å². The number of carbonyl (C=O) groups excluding carboxylic acids is 2. The van der Waals surface area contributed by atoms with Crippen molar-refractivity contribution in [2.75, 3.05) is 27.4 Å². The first-order valence-corrected chi connectivity index (χ1v) is 17.0. The standard InChI is InChI=1S/C36H60O7/c1-5-7-9-11-13-15-17-19-21-23-25-42-35(38)31(27-30-28-32(40-3)34(37)33(29-30)41-4)36(39)43-26-24-22-20-18-16-14-12-10-8-6-2/h27-29,37H,5-26H2,1-4H3. The van der Waals surface area contributed by atoms with Gasteiger partial charge in [-0.2, -0.15) is 0 Å². The van der Waals surface area contributed by atoms with E-state index in [1.807, 2.05) is 0 Å². The third-order valence-corrected chi connectivity index (χ3v) is 7.72. The number of rotatable bonds is 27. The minimum atomic E-state index is -0.713. The van der Waals surface area contributed by atoms with Crippen molar-refractivity contribution in [2.45, 2.75) is 142 Å². The number of hydrogen-bond acceptors (Lipinski definition) is 7. The quantitative estimate of drug-likeness (QED) is 0.0351. The highest BCUT2D eigenvalue weighted by molar-refractivity contribution is 6.17. The number of unbranched alkanes of at least 4 members (excludes halogenated alkanes) is 18. The molecule has 0 bridgehead atoms. The number of methoxy groups -OCH3 is 2. The fourth-order valence-corrected chi connectivity index (χ4v) is 5.03. The number of carbonyl (C=O) groups is 2. The van der Waals surface area contributed by atoms with Gasteiger partial charge in [0.2, 0.25) is 5.75 Å². The van der Waals surface area contributed by atoms with Crippen molar-refractivity contribution in [1.82, 2.24) is 0 Å². The van der Waals surface area contributed by atoms with Crippen molar-refractivity contribution in [2.24, 2.45) is 0 Å². The molecule has 0 amide bonds. The Bertz CT molecular complexity index is 844. The number of hydrogen-bond donors (Lipinski definition) is 1. The molecular formula is C36H60O7. The van der Waals surface area contributed by atoms with Gasteiger partial charge in [-0.05, 0) is 36.6 Å². The van der Waals surface area contributed by atoms with E-state index in [9.17, 15) is 14.7 Å². The number of ether oxygens (including phenoxy) is 4. The van der Waals surface area contributed by atoms with Crippen LogP contribution >= 0.6 is 0 Å². The third kappa shape index (κ3) is 17.9. The van der Waals surface area contributed by atoms with E-state index in [2.05, 4.69) is 13.8 Å². The molecule has 0 radical (unpaired) electrons.